The number of benzene rings is 2. The van der Waals surface area contributed by atoms with E-state index in [9.17, 15) is 4.79 Å². The number of fused-ring (bicyclic) bond motifs is 1. The fraction of sp³-hybridized carbons (Fsp3) is 0.238. The Morgan fingerprint density at radius 3 is 2.79 bits per heavy atom. The molecular weight excluding hydrogens is 374 g/mol. The molecule has 1 aromatic heterocycles. The molecule has 0 bridgehead atoms. The van der Waals surface area contributed by atoms with E-state index in [4.69, 9.17) is 16.9 Å². The van der Waals surface area contributed by atoms with Gasteiger partial charge in [-0.05, 0) is 30.7 Å². The molecule has 2 aromatic carbocycles. The summed E-state index contributed by atoms with van der Waals surface area (Å²) < 4.78 is 0. The highest BCUT2D eigenvalue weighted by atomic mass is 35.5. The standard InChI is InChI=1S/C21H18ClN5O/c1-2-26-7-8-27(13-20(26)28)21-24-12-16-5-4-15(10-19(16)25-21)17-6-3-14(11-23)9-18(17)22/h3-6,9-10,12H,2,7-8,13H2,1H3. The Morgan fingerprint density at radius 1 is 1.21 bits per heavy atom. The number of rotatable bonds is 3. The zero-order valence-electron chi connectivity index (χ0n) is 15.4. The lowest BCUT2D eigenvalue weighted by Gasteiger charge is -2.33. The third-order valence-corrected chi connectivity index (χ3v) is 5.28. The first-order valence-corrected chi connectivity index (χ1v) is 9.46. The van der Waals surface area contributed by atoms with Gasteiger partial charge < -0.3 is 9.80 Å². The van der Waals surface area contributed by atoms with E-state index in [2.05, 4.69) is 16.0 Å². The lowest BCUT2D eigenvalue weighted by molar-refractivity contribution is -0.130. The van der Waals surface area contributed by atoms with Crippen LogP contribution < -0.4 is 4.90 Å². The van der Waals surface area contributed by atoms with Gasteiger partial charge in [0.25, 0.3) is 0 Å². The molecule has 140 valence electrons. The van der Waals surface area contributed by atoms with Gasteiger partial charge in [0, 0.05) is 41.8 Å². The molecule has 0 atom stereocenters. The quantitative estimate of drug-likeness (QED) is 0.683. The van der Waals surface area contributed by atoms with Crippen LogP contribution in [0.25, 0.3) is 22.0 Å². The molecule has 1 fully saturated rings. The number of hydrogen-bond donors (Lipinski definition) is 0. The van der Waals surface area contributed by atoms with Gasteiger partial charge in [0.05, 0.1) is 23.7 Å². The van der Waals surface area contributed by atoms with Crippen LogP contribution in [-0.4, -0.2) is 47.0 Å². The number of anilines is 1. The SMILES string of the molecule is CCN1CCN(c2ncc3ccc(-c4ccc(C#N)cc4Cl)cc3n2)CC1=O. The molecule has 0 aliphatic carbocycles. The fourth-order valence-corrected chi connectivity index (χ4v) is 3.66. The first kappa shape index (κ1) is 18.2. The largest absolute Gasteiger partial charge is 0.340 e. The second-order valence-electron chi connectivity index (χ2n) is 6.64. The summed E-state index contributed by atoms with van der Waals surface area (Å²) in [4.78, 5) is 25.1. The Labute approximate surface area is 168 Å². The van der Waals surface area contributed by atoms with Crippen LogP contribution in [0, 0.1) is 11.3 Å². The second kappa shape index (κ2) is 7.45. The molecule has 28 heavy (non-hydrogen) atoms. The molecule has 1 saturated heterocycles. The van der Waals surface area contributed by atoms with Gasteiger partial charge in [-0.2, -0.15) is 5.26 Å². The van der Waals surface area contributed by atoms with Gasteiger partial charge >= 0.3 is 0 Å². The molecule has 0 unspecified atom stereocenters. The van der Waals surface area contributed by atoms with E-state index in [1.165, 1.54) is 0 Å². The predicted molar refractivity (Wildman–Crippen MR) is 109 cm³/mol. The van der Waals surface area contributed by atoms with E-state index in [-0.39, 0.29) is 5.91 Å². The van der Waals surface area contributed by atoms with Crippen molar-refractivity contribution in [2.45, 2.75) is 6.92 Å². The minimum absolute atomic E-state index is 0.0931. The van der Waals surface area contributed by atoms with Crippen molar-refractivity contribution < 1.29 is 4.79 Å². The lowest BCUT2D eigenvalue weighted by atomic mass is 10.0. The highest BCUT2D eigenvalue weighted by molar-refractivity contribution is 6.33. The maximum Gasteiger partial charge on any atom is 0.242 e. The number of nitrogens with zero attached hydrogens (tertiary/aromatic N) is 5. The number of hydrogen-bond acceptors (Lipinski definition) is 5. The zero-order chi connectivity index (χ0) is 19.7. The van der Waals surface area contributed by atoms with Crippen LogP contribution in [0.1, 0.15) is 12.5 Å². The molecule has 4 rings (SSSR count). The molecular formula is C21H18ClN5O. The van der Waals surface area contributed by atoms with Crippen molar-refractivity contribution in [1.29, 1.82) is 5.26 Å². The molecule has 0 N–H and O–H groups in total. The molecule has 1 amide bonds. The molecule has 3 aromatic rings. The van der Waals surface area contributed by atoms with Crippen LogP contribution >= 0.6 is 11.6 Å². The Balaban J connectivity index is 1.68. The van der Waals surface area contributed by atoms with E-state index in [1.807, 2.05) is 41.0 Å². The highest BCUT2D eigenvalue weighted by Crippen LogP contribution is 2.31. The number of halogens is 1. The van der Waals surface area contributed by atoms with Crippen molar-refractivity contribution in [2.24, 2.45) is 0 Å². The van der Waals surface area contributed by atoms with E-state index < -0.39 is 0 Å². The van der Waals surface area contributed by atoms with Crippen LogP contribution in [0.15, 0.2) is 42.6 Å². The van der Waals surface area contributed by atoms with Crippen molar-refractivity contribution >= 4 is 34.4 Å². The Bertz CT molecular complexity index is 1110. The van der Waals surface area contributed by atoms with E-state index in [1.54, 1.807) is 18.3 Å². The summed E-state index contributed by atoms with van der Waals surface area (Å²) in [5.74, 6) is 0.648. The predicted octanol–water partition coefficient (Wildman–Crippen LogP) is 3.49. The minimum atomic E-state index is 0.0931. The minimum Gasteiger partial charge on any atom is -0.340 e. The summed E-state index contributed by atoms with van der Waals surface area (Å²) in [6.45, 7) is 4.39. The molecule has 0 radical (unpaired) electrons. The maximum atomic E-state index is 12.2. The van der Waals surface area contributed by atoms with Gasteiger partial charge in [-0.15, -0.1) is 0 Å². The lowest BCUT2D eigenvalue weighted by Crippen LogP contribution is -2.50. The molecule has 7 heteroatoms. The molecule has 0 saturated carbocycles. The summed E-state index contributed by atoms with van der Waals surface area (Å²) in [5.41, 5.74) is 3.07. The van der Waals surface area contributed by atoms with E-state index in [0.717, 1.165) is 28.6 Å². The van der Waals surface area contributed by atoms with Crippen LogP contribution in [0.5, 0.6) is 0 Å². The summed E-state index contributed by atoms with van der Waals surface area (Å²) in [6, 6.07) is 13.2. The van der Waals surface area contributed by atoms with Crippen molar-refractivity contribution in [3.63, 3.8) is 0 Å². The van der Waals surface area contributed by atoms with Crippen LogP contribution in [0.4, 0.5) is 5.95 Å². The number of aromatic nitrogens is 2. The molecule has 6 nitrogen and oxygen atoms in total. The van der Waals surface area contributed by atoms with Gasteiger partial charge in [-0.25, -0.2) is 9.97 Å². The second-order valence-corrected chi connectivity index (χ2v) is 7.05. The first-order chi connectivity index (χ1) is 13.6. The summed E-state index contributed by atoms with van der Waals surface area (Å²) in [7, 11) is 0. The summed E-state index contributed by atoms with van der Waals surface area (Å²) >= 11 is 6.36. The summed E-state index contributed by atoms with van der Waals surface area (Å²) in [6.07, 6.45) is 1.78. The van der Waals surface area contributed by atoms with E-state index in [0.29, 0.717) is 36.2 Å². The zero-order valence-corrected chi connectivity index (χ0v) is 16.1. The number of carbonyl (C=O) groups excluding carboxylic acids is 1. The van der Waals surface area contributed by atoms with Crippen LogP contribution in [-0.2, 0) is 4.79 Å². The summed E-state index contributed by atoms with van der Waals surface area (Å²) in [5, 5.41) is 10.4. The average Bonchev–Trinajstić information content (AvgIpc) is 2.72. The average molecular weight is 392 g/mol. The van der Waals surface area contributed by atoms with E-state index >= 15 is 0 Å². The van der Waals surface area contributed by atoms with Crippen molar-refractivity contribution in [3.05, 3.63) is 53.2 Å². The highest BCUT2D eigenvalue weighted by Gasteiger charge is 2.24. The fourth-order valence-electron chi connectivity index (χ4n) is 3.37. The van der Waals surface area contributed by atoms with Crippen molar-refractivity contribution in [1.82, 2.24) is 14.9 Å². The van der Waals surface area contributed by atoms with Crippen molar-refractivity contribution in [2.75, 3.05) is 31.1 Å². The monoisotopic (exact) mass is 391 g/mol. The number of amides is 1. The van der Waals surface area contributed by atoms with Crippen LogP contribution in [0.3, 0.4) is 0 Å². The number of nitriles is 1. The molecule has 0 spiro atoms. The Hall–Kier alpha value is -3.17. The van der Waals surface area contributed by atoms with Gasteiger partial charge in [-0.1, -0.05) is 29.8 Å². The van der Waals surface area contributed by atoms with Gasteiger partial charge in [0.2, 0.25) is 11.9 Å². The van der Waals surface area contributed by atoms with Gasteiger partial charge in [0.1, 0.15) is 0 Å². The number of likely N-dealkylation sites (N-methyl/N-ethyl adjacent to an activating group) is 1. The molecule has 1 aliphatic rings. The third-order valence-electron chi connectivity index (χ3n) is 4.96. The molecule has 2 heterocycles. The first-order valence-electron chi connectivity index (χ1n) is 9.08. The van der Waals surface area contributed by atoms with Crippen molar-refractivity contribution in [3.8, 4) is 17.2 Å². The van der Waals surface area contributed by atoms with Crippen LogP contribution in [0.2, 0.25) is 5.02 Å². The van der Waals surface area contributed by atoms with Gasteiger partial charge in [0.15, 0.2) is 0 Å². The Morgan fingerprint density at radius 2 is 2.07 bits per heavy atom. The smallest absolute Gasteiger partial charge is 0.242 e. The van der Waals surface area contributed by atoms with Gasteiger partial charge in [-0.3, -0.25) is 4.79 Å². The number of piperazine rings is 1. The Kier molecular flexibility index (Phi) is 4.84. The number of carbonyl (C=O) groups is 1. The normalized spacial score (nSPS) is 14.4. The molecule has 1 aliphatic heterocycles. The topological polar surface area (TPSA) is 73.1 Å². The maximum absolute atomic E-state index is 12.2. The third kappa shape index (κ3) is 3.37.